The highest BCUT2D eigenvalue weighted by molar-refractivity contribution is 7.09. The van der Waals surface area contributed by atoms with E-state index >= 15 is 0 Å². The van der Waals surface area contributed by atoms with Crippen LogP contribution in [0.5, 0.6) is 0 Å². The van der Waals surface area contributed by atoms with Crippen molar-refractivity contribution in [1.29, 1.82) is 0 Å². The van der Waals surface area contributed by atoms with E-state index in [1.54, 1.807) is 11.3 Å². The molecule has 1 aliphatic heterocycles. The zero-order valence-electron chi connectivity index (χ0n) is 11.4. The van der Waals surface area contributed by atoms with Gasteiger partial charge in [-0.25, -0.2) is 4.98 Å². The second-order valence-electron chi connectivity index (χ2n) is 5.88. The Kier molecular flexibility index (Phi) is 3.43. The van der Waals surface area contributed by atoms with E-state index in [2.05, 4.69) is 34.4 Å². The summed E-state index contributed by atoms with van der Waals surface area (Å²) in [6.07, 6.45) is 5.91. The molecule has 2 atom stereocenters. The summed E-state index contributed by atoms with van der Waals surface area (Å²) < 4.78 is 0. The molecule has 1 aliphatic carbocycles. The summed E-state index contributed by atoms with van der Waals surface area (Å²) in [5.41, 5.74) is 0.336. The predicted molar refractivity (Wildman–Crippen MR) is 75.9 cm³/mol. The maximum atomic E-state index is 4.53. The molecule has 1 saturated carbocycles. The van der Waals surface area contributed by atoms with Crippen LogP contribution in [-0.2, 0) is 0 Å². The molecule has 100 valence electrons. The zero-order valence-corrected chi connectivity index (χ0v) is 12.2. The van der Waals surface area contributed by atoms with Gasteiger partial charge in [0.25, 0.3) is 0 Å². The summed E-state index contributed by atoms with van der Waals surface area (Å²) in [6, 6.07) is 0.519. The standard InChI is InChI=1S/C14H23N3S/c1-3-12(13-15-7-9-18-13)17-8-6-16-14(2,10-17)11-4-5-11/h7,9,11-12,16H,3-6,8,10H2,1-2H3. The van der Waals surface area contributed by atoms with Crippen molar-refractivity contribution in [2.75, 3.05) is 19.6 Å². The lowest BCUT2D eigenvalue weighted by atomic mass is 9.92. The molecule has 1 aromatic heterocycles. The van der Waals surface area contributed by atoms with E-state index in [0.29, 0.717) is 11.6 Å². The highest BCUT2D eigenvalue weighted by Gasteiger charge is 2.44. The van der Waals surface area contributed by atoms with Gasteiger partial charge in [0, 0.05) is 36.8 Å². The van der Waals surface area contributed by atoms with Gasteiger partial charge in [0.2, 0.25) is 0 Å². The maximum absolute atomic E-state index is 4.53. The van der Waals surface area contributed by atoms with E-state index in [4.69, 9.17) is 0 Å². The molecule has 0 amide bonds. The van der Waals surface area contributed by atoms with Gasteiger partial charge in [-0.05, 0) is 32.1 Å². The van der Waals surface area contributed by atoms with Crippen LogP contribution in [0.4, 0.5) is 0 Å². The van der Waals surface area contributed by atoms with Gasteiger partial charge in [-0.2, -0.15) is 0 Å². The average molecular weight is 265 g/mol. The summed E-state index contributed by atoms with van der Waals surface area (Å²) >= 11 is 1.80. The van der Waals surface area contributed by atoms with Crippen LogP contribution in [0.1, 0.15) is 44.2 Å². The van der Waals surface area contributed by atoms with Gasteiger partial charge < -0.3 is 5.32 Å². The summed E-state index contributed by atoms with van der Waals surface area (Å²) in [5.74, 6) is 0.897. The lowest BCUT2D eigenvalue weighted by Gasteiger charge is -2.44. The fraction of sp³-hybridized carbons (Fsp3) is 0.786. The fourth-order valence-electron chi connectivity index (χ4n) is 3.29. The van der Waals surface area contributed by atoms with Gasteiger partial charge in [-0.1, -0.05) is 6.92 Å². The van der Waals surface area contributed by atoms with E-state index in [-0.39, 0.29) is 0 Å². The second-order valence-corrected chi connectivity index (χ2v) is 6.81. The summed E-state index contributed by atoms with van der Waals surface area (Å²) in [5, 5.41) is 7.14. The monoisotopic (exact) mass is 265 g/mol. The minimum atomic E-state index is 0.336. The molecule has 1 aromatic rings. The number of nitrogens with one attached hydrogen (secondary N) is 1. The van der Waals surface area contributed by atoms with Gasteiger partial charge in [0.15, 0.2) is 0 Å². The first-order valence-corrected chi connectivity index (χ1v) is 7.99. The van der Waals surface area contributed by atoms with Crippen molar-refractivity contribution in [3.05, 3.63) is 16.6 Å². The summed E-state index contributed by atoms with van der Waals surface area (Å²) in [6.45, 7) is 8.14. The third kappa shape index (κ3) is 2.33. The lowest BCUT2D eigenvalue weighted by molar-refractivity contribution is 0.0856. The maximum Gasteiger partial charge on any atom is 0.110 e. The van der Waals surface area contributed by atoms with Gasteiger partial charge in [-0.15, -0.1) is 11.3 Å². The Morgan fingerprint density at radius 3 is 3.06 bits per heavy atom. The van der Waals surface area contributed by atoms with Crippen LogP contribution in [0.3, 0.4) is 0 Å². The number of aromatic nitrogens is 1. The Morgan fingerprint density at radius 1 is 1.61 bits per heavy atom. The number of rotatable bonds is 4. The van der Waals surface area contributed by atoms with Crippen LogP contribution in [0, 0.1) is 5.92 Å². The first-order chi connectivity index (χ1) is 8.73. The lowest BCUT2D eigenvalue weighted by Crippen LogP contribution is -2.60. The number of piperazine rings is 1. The van der Waals surface area contributed by atoms with Crippen LogP contribution in [0.2, 0.25) is 0 Å². The average Bonchev–Trinajstić information content (AvgIpc) is 3.10. The van der Waals surface area contributed by atoms with Crippen molar-refractivity contribution >= 4 is 11.3 Å². The Hall–Kier alpha value is -0.450. The van der Waals surface area contributed by atoms with Crippen molar-refractivity contribution in [3.8, 4) is 0 Å². The Bertz CT molecular complexity index is 388. The molecule has 3 rings (SSSR count). The minimum absolute atomic E-state index is 0.336. The van der Waals surface area contributed by atoms with Crippen molar-refractivity contribution in [2.24, 2.45) is 5.92 Å². The van der Waals surface area contributed by atoms with E-state index in [1.807, 2.05) is 6.20 Å². The van der Waals surface area contributed by atoms with Crippen LogP contribution in [-0.4, -0.2) is 35.1 Å². The number of hydrogen-bond donors (Lipinski definition) is 1. The smallest absolute Gasteiger partial charge is 0.110 e. The van der Waals surface area contributed by atoms with Gasteiger partial charge >= 0.3 is 0 Å². The van der Waals surface area contributed by atoms with Crippen LogP contribution >= 0.6 is 11.3 Å². The van der Waals surface area contributed by atoms with Gasteiger partial charge in [-0.3, -0.25) is 4.90 Å². The SMILES string of the molecule is CCC(c1nccs1)N1CCNC(C)(C2CC2)C1. The summed E-state index contributed by atoms with van der Waals surface area (Å²) in [4.78, 5) is 7.17. The number of nitrogens with zero attached hydrogens (tertiary/aromatic N) is 2. The summed E-state index contributed by atoms with van der Waals surface area (Å²) in [7, 11) is 0. The largest absolute Gasteiger partial charge is 0.309 e. The molecule has 2 fully saturated rings. The molecule has 0 aromatic carbocycles. The molecule has 1 N–H and O–H groups in total. The molecule has 0 spiro atoms. The minimum Gasteiger partial charge on any atom is -0.309 e. The molecule has 0 radical (unpaired) electrons. The molecule has 3 nitrogen and oxygen atoms in total. The second kappa shape index (κ2) is 4.91. The highest BCUT2D eigenvalue weighted by Crippen LogP contribution is 2.42. The first kappa shape index (κ1) is 12.6. The molecule has 2 heterocycles. The van der Waals surface area contributed by atoms with E-state index < -0.39 is 0 Å². The van der Waals surface area contributed by atoms with Crippen molar-refractivity contribution in [1.82, 2.24) is 15.2 Å². The predicted octanol–water partition coefficient (Wildman–Crippen LogP) is 2.67. The highest BCUT2D eigenvalue weighted by atomic mass is 32.1. The molecule has 0 bridgehead atoms. The molecule has 2 unspecified atom stereocenters. The molecule has 4 heteroatoms. The zero-order chi connectivity index (χ0) is 12.6. The van der Waals surface area contributed by atoms with Gasteiger partial charge in [0.05, 0.1) is 6.04 Å². The van der Waals surface area contributed by atoms with E-state index in [0.717, 1.165) is 25.4 Å². The van der Waals surface area contributed by atoms with E-state index in [1.165, 1.54) is 24.4 Å². The van der Waals surface area contributed by atoms with Crippen LogP contribution < -0.4 is 5.32 Å². The Balaban J connectivity index is 1.74. The van der Waals surface area contributed by atoms with E-state index in [9.17, 15) is 0 Å². The Labute approximate surface area is 114 Å². The fourth-order valence-corrected chi connectivity index (χ4v) is 4.15. The van der Waals surface area contributed by atoms with Crippen molar-refractivity contribution in [3.63, 3.8) is 0 Å². The first-order valence-electron chi connectivity index (χ1n) is 7.11. The normalized spacial score (nSPS) is 31.4. The third-order valence-electron chi connectivity index (χ3n) is 4.50. The Morgan fingerprint density at radius 2 is 2.44 bits per heavy atom. The topological polar surface area (TPSA) is 28.2 Å². The number of thiazole rings is 1. The van der Waals surface area contributed by atoms with Crippen molar-refractivity contribution in [2.45, 2.75) is 44.7 Å². The molecule has 1 saturated heterocycles. The number of hydrogen-bond acceptors (Lipinski definition) is 4. The van der Waals surface area contributed by atoms with Crippen LogP contribution in [0.15, 0.2) is 11.6 Å². The quantitative estimate of drug-likeness (QED) is 0.907. The van der Waals surface area contributed by atoms with Crippen molar-refractivity contribution < 1.29 is 0 Å². The van der Waals surface area contributed by atoms with Crippen LogP contribution in [0.25, 0.3) is 0 Å². The molecule has 18 heavy (non-hydrogen) atoms. The van der Waals surface area contributed by atoms with Gasteiger partial charge in [0.1, 0.15) is 5.01 Å². The molecular formula is C14H23N3S. The molecule has 2 aliphatic rings. The third-order valence-corrected chi connectivity index (χ3v) is 5.38. The molecular weight excluding hydrogens is 242 g/mol.